The summed E-state index contributed by atoms with van der Waals surface area (Å²) in [5, 5.41) is 4.61. The molecule has 162 valence electrons. The minimum atomic E-state index is 0.0278. The van der Waals surface area contributed by atoms with Crippen LogP contribution in [0.2, 0.25) is 0 Å². The first kappa shape index (κ1) is 20.6. The van der Waals surface area contributed by atoms with Crippen LogP contribution in [0.15, 0.2) is 4.79 Å². The fraction of sp³-hybridized carbons (Fsp3) is 0.857. The van der Waals surface area contributed by atoms with Crippen molar-refractivity contribution in [2.45, 2.75) is 76.5 Å². The Morgan fingerprint density at radius 2 is 1.69 bits per heavy atom. The fourth-order valence-electron chi connectivity index (χ4n) is 5.30. The highest BCUT2D eigenvalue weighted by Crippen LogP contribution is 2.33. The normalized spacial score (nSPS) is 27.6. The molecule has 3 fully saturated rings. The monoisotopic (exact) mass is 405 g/mol. The lowest BCUT2D eigenvalue weighted by atomic mass is 9.95. The van der Waals surface area contributed by atoms with E-state index in [0.29, 0.717) is 31.6 Å². The summed E-state index contributed by atoms with van der Waals surface area (Å²) in [7, 11) is 1.76. The lowest BCUT2D eigenvalue weighted by Crippen LogP contribution is -2.51. The van der Waals surface area contributed by atoms with Crippen molar-refractivity contribution in [2.75, 3.05) is 32.7 Å². The molecule has 4 rings (SSSR count). The lowest BCUT2D eigenvalue weighted by Gasteiger charge is -2.37. The highest BCUT2D eigenvalue weighted by Gasteiger charge is 2.32. The van der Waals surface area contributed by atoms with Gasteiger partial charge in [0.15, 0.2) is 0 Å². The maximum absolute atomic E-state index is 12.8. The van der Waals surface area contributed by atoms with Gasteiger partial charge in [-0.3, -0.25) is 14.3 Å². The Balaban J connectivity index is 1.36. The van der Waals surface area contributed by atoms with Gasteiger partial charge in [0, 0.05) is 32.1 Å². The third kappa shape index (κ3) is 4.43. The first-order chi connectivity index (χ1) is 13.9. The van der Waals surface area contributed by atoms with Crippen molar-refractivity contribution < 1.29 is 9.53 Å². The van der Waals surface area contributed by atoms with Gasteiger partial charge in [0.25, 0.3) is 0 Å². The number of likely N-dealkylation sites (tertiary alicyclic amines) is 1. The van der Waals surface area contributed by atoms with Gasteiger partial charge in [0.05, 0.1) is 18.8 Å². The van der Waals surface area contributed by atoms with E-state index in [4.69, 9.17) is 4.74 Å². The van der Waals surface area contributed by atoms with E-state index < -0.39 is 0 Å². The largest absolute Gasteiger partial charge is 0.372 e. The van der Waals surface area contributed by atoms with Crippen molar-refractivity contribution >= 4 is 5.91 Å². The Kier molecular flexibility index (Phi) is 6.11. The molecule has 0 aromatic carbocycles. The van der Waals surface area contributed by atoms with Crippen molar-refractivity contribution in [2.24, 2.45) is 7.05 Å². The summed E-state index contributed by atoms with van der Waals surface area (Å²) >= 11 is 0. The van der Waals surface area contributed by atoms with Crippen molar-refractivity contribution in [1.82, 2.24) is 24.1 Å². The molecule has 1 aromatic rings. The third-order valence-corrected chi connectivity index (χ3v) is 6.76. The molecule has 8 heteroatoms. The van der Waals surface area contributed by atoms with E-state index in [2.05, 4.69) is 10.00 Å². The summed E-state index contributed by atoms with van der Waals surface area (Å²) in [4.78, 5) is 29.6. The molecule has 0 N–H and O–H groups in total. The average Bonchev–Trinajstić information content (AvgIpc) is 3.30. The molecule has 29 heavy (non-hydrogen) atoms. The second-order valence-corrected chi connectivity index (χ2v) is 9.18. The van der Waals surface area contributed by atoms with Crippen molar-refractivity contribution in [3.05, 3.63) is 16.3 Å². The third-order valence-electron chi connectivity index (χ3n) is 6.76. The van der Waals surface area contributed by atoms with Crippen molar-refractivity contribution in [3.63, 3.8) is 0 Å². The Labute approximate surface area is 172 Å². The molecular weight excluding hydrogens is 370 g/mol. The first-order valence-corrected chi connectivity index (χ1v) is 11.2. The molecule has 2 aliphatic heterocycles. The number of ether oxygens (including phenoxy) is 1. The predicted molar refractivity (Wildman–Crippen MR) is 110 cm³/mol. The van der Waals surface area contributed by atoms with Crippen molar-refractivity contribution in [3.8, 4) is 0 Å². The molecule has 2 unspecified atom stereocenters. The molecule has 1 saturated carbocycles. The summed E-state index contributed by atoms with van der Waals surface area (Å²) in [5.41, 5.74) is 0.0278. The number of piperidine rings is 1. The van der Waals surface area contributed by atoms with Gasteiger partial charge in [-0.2, -0.15) is 5.10 Å². The van der Waals surface area contributed by atoms with E-state index in [1.807, 2.05) is 23.3 Å². The van der Waals surface area contributed by atoms with Gasteiger partial charge in [-0.05, 0) is 52.6 Å². The molecule has 3 aliphatic rings. The smallest absolute Gasteiger partial charge is 0.345 e. The van der Waals surface area contributed by atoms with E-state index in [0.717, 1.165) is 44.6 Å². The SMILES string of the molecule is CC1CN(C(=O)CN2CCC(c3nn(C)c(=O)n3C3CCCC3)CC2)CC(C)O1. The number of amides is 1. The van der Waals surface area contributed by atoms with Gasteiger partial charge in [0.1, 0.15) is 5.82 Å². The molecule has 2 atom stereocenters. The maximum Gasteiger partial charge on any atom is 0.345 e. The number of rotatable bonds is 4. The zero-order chi connectivity index (χ0) is 20.5. The van der Waals surface area contributed by atoms with Crippen LogP contribution in [0.1, 0.15) is 70.2 Å². The Morgan fingerprint density at radius 3 is 2.31 bits per heavy atom. The molecule has 0 radical (unpaired) electrons. The summed E-state index contributed by atoms with van der Waals surface area (Å²) in [5.74, 6) is 1.47. The predicted octanol–water partition coefficient (Wildman–Crippen LogP) is 1.51. The molecule has 1 aromatic heterocycles. The van der Waals surface area contributed by atoms with Crippen LogP contribution in [0.3, 0.4) is 0 Å². The van der Waals surface area contributed by atoms with Gasteiger partial charge in [-0.1, -0.05) is 12.8 Å². The second-order valence-electron chi connectivity index (χ2n) is 9.18. The van der Waals surface area contributed by atoms with Crippen LogP contribution in [-0.2, 0) is 16.6 Å². The van der Waals surface area contributed by atoms with Gasteiger partial charge < -0.3 is 9.64 Å². The van der Waals surface area contributed by atoms with Gasteiger partial charge >= 0.3 is 5.69 Å². The summed E-state index contributed by atoms with van der Waals surface area (Å²) in [6.45, 7) is 7.64. The summed E-state index contributed by atoms with van der Waals surface area (Å²) in [6.07, 6.45) is 6.67. The number of nitrogens with zero attached hydrogens (tertiary/aromatic N) is 5. The zero-order valence-electron chi connectivity index (χ0n) is 18.0. The number of carbonyl (C=O) groups is 1. The number of hydrogen-bond acceptors (Lipinski definition) is 5. The first-order valence-electron chi connectivity index (χ1n) is 11.2. The molecule has 8 nitrogen and oxygen atoms in total. The Bertz CT molecular complexity index is 764. The molecule has 1 aliphatic carbocycles. The number of morpholine rings is 1. The molecule has 1 amide bonds. The lowest BCUT2D eigenvalue weighted by molar-refractivity contribution is -0.144. The quantitative estimate of drug-likeness (QED) is 0.759. The summed E-state index contributed by atoms with van der Waals surface area (Å²) in [6, 6.07) is 0.316. The second kappa shape index (κ2) is 8.60. The average molecular weight is 406 g/mol. The Hall–Kier alpha value is -1.67. The number of aromatic nitrogens is 3. The van der Waals surface area contributed by atoms with E-state index >= 15 is 0 Å². The highest BCUT2D eigenvalue weighted by atomic mass is 16.5. The van der Waals surface area contributed by atoms with Crippen LogP contribution < -0.4 is 5.69 Å². The number of aryl methyl sites for hydroxylation is 1. The van der Waals surface area contributed by atoms with Crippen LogP contribution in [0, 0.1) is 0 Å². The van der Waals surface area contributed by atoms with Gasteiger partial charge in [-0.15, -0.1) is 0 Å². The maximum atomic E-state index is 12.8. The molecule has 0 spiro atoms. The zero-order valence-corrected chi connectivity index (χ0v) is 18.0. The molecule has 0 bridgehead atoms. The van der Waals surface area contributed by atoms with E-state index in [-0.39, 0.29) is 23.8 Å². The standard InChI is InChI=1S/C21H35N5O3/c1-15-12-25(13-16(2)29-15)19(27)14-24-10-8-17(9-11-24)20-22-23(3)21(28)26(20)18-6-4-5-7-18/h15-18H,4-14H2,1-3H3. The van der Waals surface area contributed by atoms with Gasteiger partial charge in [0.2, 0.25) is 5.91 Å². The van der Waals surface area contributed by atoms with Crippen LogP contribution in [-0.4, -0.2) is 75.0 Å². The Morgan fingerprint density at radius 1 is 1.07 bits per heavy atom. The highest BCUT2D eigenvalue weighted by molar-refractivity contribution is 5.78. The molecule has 2 saturated heterocycles. The molecular formula is C21H35N5O3. The topological polar surface area (TPSA) is 72.6 Å². The van der Waals surface area contributed by atoms with Crippen LogP contribution in [0.5, 0.6) is 0 Å². The fourth-order valence-corrected chi connectivity index (χ4v) is 5.30. The molecule has 3 heterocycles. The van der Waals surface area contributed by atoms with Gasteiger partial charge in [-0.25, -0.2) is 9.48 Å². The van der Waals surface area contributed by atoms with E-state index in [9.17, 15) is 9.59 Å². The summed E-state index contributed by atoms with van der Waals surface area (Å²) < 4.78 is 9.23. The van der Waals surface area contributed by atoms with Crippen LogP contribution in [0.25, 0.3) is 0 Å². The minimum Gasteiger partial charge on any atom is -0.372 e. The van der Waals surface area contributed by atoms with Crippen molar-refractivity contribution in [1.29, 1.82) is 0 Å². The minimum absolute atomic E-state index is 0.0278. The van der Waals surface area contributed by atoms with E-state index in [1.54, 1.807) is 7.05 Å². The number of hydrogen-bond donors (Lipinski definition) is 0. The van der Waals surface area contributed by atoms with E-state index in [1.165, 1.54) is 17.5 Å². The number of carbonyl (C=O) groups excluding carboxylic acids is 1. The van der Waals surface area contributed by atoms with Crippen LogP contribution >= 0.6 is 0 Å². The van der Waals surface area contributed by atoms with Crippen LogP contribution in [0.4, 0.5) is 0 Å².